The Balaban J connectivity index is 2.74. The monoisotopic (exact) mass is 339 g/mol. The first kappa shape index (κ1) is 17.1. The van der Waals surface area contributed by atoms with E-state index in [4.69, 9.17) is 0 Å². The summed E-state index contributed by atoms with van der Waals surface area (Å²) < 4.78 is 39.3. The van der Waals surface area contributed by atoms with Crippen molar-refractivity contribution in [3.8, 4) is 11.3 Å². The summed E-state index contributed by atoms with van der Waals surface area (Å²) in [7, 11) is -2.16. The molecule has 0 aliphatic carbocycles. The van der Waals surface area contributed by atoms with Crippen LogP contribution in [0.4, 0.5) is 10.3 Å². The van der Waals surface area contributed by atoms with Gasteiger partial charge in [-0.1, -0.05) is 0 Å². The summed E-state index contributed by atoms with van der Waals surface area (Å²) in [5.74, 6) is -0.262. The van der Waals surface area contributed by atoms with Crippen molar-refractivity contribution >= 4 is 22.3 Å². The zero-order chi connectivity index (χ0) is 17.4. The molecule has 0 N–H and O–H groups in total. The molecule has 0 amide bonds. The molecule has 0 fully saturated rings. The van der Waals surface area contributed by atoms with Crippen molar-refractivity contribution < 1.29 is 17.6 Å². The summed E-state index contributed by atoms with van der Waals surface area (Å²) in [6.45, 7) is 3.64. The van der Waals surface area contributed by atoms with Crippen molar-refractivity contribution in [3.63, 3.8) is 0 Å². The van der Waals surface area contributed by atoms with Gasteiger partial charge in [-0.25, -0.2) is 22.1 Å². The number of hydrogen-bond acceptors (Lipinski definition) is 4. The van der Waals surface area contributed by atoms with Gasteiger partial charge in [-0.15, -0.1) is 0 Å². The highest BCUT2D eigenvalue weighted by molar-refractivity contribution is 7.92. The number of aromatic nitrogens is 2. The van der Waals surface area contributed by atoms with Crippen molar-refractivity contribution in [1.82, 2.24) is 9.55 Å². The average Bonchev–Trinajstić information content (AvgIpc) is 2.85. The highest BCUT2D eigenvalue weighted by Gasteiger charge is 2.25. The van der Waals surface area contributed by atoms with Gasteiger partial charge in [0.1, 0.15) is 17.2 Å². The third-order valence-electron chi connectivity index (χ3n) is 3.45. The largest absolute Gasteiger partial charge is 0.304 e. The summed E-state index contributed by atoms with van der Waals surface area (Å²) in [5, 5.41) is 0. The smallest absolute Gasteiger partial charge is 0.234 e. The van der Waals surface area contributed by atoms with Crippen molar-refractivity contribution in [1.29, 1.82) is 0 Å². The van der Waals surface area contributed by atoms with Crippen LogP contribution in [-0.2, 0) is 10.0 Å². The maximum atomic E-state index is 13.1. The van der Waals surface area contributed by atoms with Crippen molar-refractivity contribution in [2.75, 3.05) is 17.6 Å². The third kappa shape index (κ3) is 3.26. The topological polar surface area (TPSA) is 72.3 Å². The Morgan fingerprint density at radius 2 is 1.83 bits per heavy atom. The molecule has 23 heavy (non-hydrogen) atoms. The number of aldehydes is 1. The molecule has 0 saturated heterocycles. The lowest BCUT2D eigenvalue weighted by molar-refractivity contribution is 0.111. The molecule has 2 aromatic rings. The van der Waals surface area contributed by atoms with Crippen molar-refractivity contribution in [2.45, 2.75) is 19.9 Å². The molecule has 0 saturated carbocycles. The van der Waals surface area contributed by atoms with Crippen LogP contribution in [0.2, 0.25) is 0 Å². The highest BCUT2D eigenvalue weighted by Crippen LogP contribution is 2.30. The molecule has 124 valence electrons. The predicted molar refractivity (Wildman–Crippen MR) is 86.6 cm³/mol. The number of carbonyl (C=O) groups is 1. The molecule has 0 radical (unpaired) electrons. The van der Waals surface area contributed by atoms with E-state index in [1.54, 1.807) is 4.57 Å². The van der Waals surface area contributed by atoms with Crippen LogP contribution >= 0.6 is 0 Å². The number of carbonyl (C=O) groups excluding carboxylic acids is 1. The minimum atomic E-state index is -3.54. The lowest BCUT2D eigenvalue weighted by atomic mass is 10.1. The Hall–Kier alpha value is -2.22. The van der Waals surface area contributed by atoms with E-state index in [2.05, 4.69) is 4.98 Å². The number of hydrogen-bond donors (Lipinski definition) is 0. The van der Waals surface area contributed by atoms with E-state index in [1.165, 1.54) is 31.3 Å². The number of anilines is 1. The maximum Gasteiger partial charge on any atom is 0.234 e. The van der Waals surface area contributed by atoms with Gasteiger partial charge in [0, 0.05) is 18.7 Å². The molecule has 0 atom stereocenters. The maximum absolute atomic E-state index is 13.1. The quantitative estimate of drug-likeness (QED) is 0.785. The number of halogens is 1. The van der Waals surface area contributed by atoms with Crippen LogP contribution in [0.3, 0.4) is 0 Å². The van der Waals surface area contributed by atoms with Crippen LogP contribution in [-0.4, -0.2) is 37.6 Å². The van der Waals surface area contributed by atoms with E-state index < -0.39 is 15.8 Å². The average molecular weight is 339 g/mol. The molecule has 1 heterocycles. The van der Waals surface area contributed by atoms with E-state index in [9.17, 15) is 17.6 Å². The molecule has 0 unspecified atom stereocenters. The van der Waals surface area contributed by atoms with Crippen molar-refractivity contribution in [3.05, 3.63) is 35.8 Å². The van der Waals surface area contributed by atoms with E-state index in [1.807, 2.05) is 13.8 Å². The van der Waals surface area contributed by atoms with Gasteiger partial charge in [0.05, 0.1) is 6.26 Å². The van der Waals surface area contributed by atoms with Gasteiger partial charge >= 0.3 is 0 Å². The summed E-state index contributed by atoms with van der Waals surface area (Å²) >= 11 is 0. The Morgan fingerprint density at radius 1 is 1.26 bits per heavy atom. The lowest BCUT2D eigenvalue weighted by Crippen LogP contribution is -2.28. The Bertz CT molecular complexity index is 826. The fourth-order valence-corrected chi connectivity index (χ4v) is 2.67. The zero-order valence-corrected chi connectivity index (χ0v) is 14.1. The molecule has 2 rings (SSSR count). The van der Waals surface area contributed by atoms with E-state index in [-0.39, 0.29) is 17.7 Å². The van der Waals surface area contributed by atoms with Crippen LogP contribution in [0, 0.1) is 5.82 Å². The number of nitrogens with zero attached hydrogens (tertiary/aromatic N) is 3. The van der Waals surface area contributed by atoms with Crippen LogP contribution in [0.5, 0.6) is 0 Å². The standard InChI is InChI=1S/C15H18FN3O3S/c1-10(2)19-13(9-20)14(11-5-7-12(16)8-6-11)17-15(19)18(3)23(4,21)22/h5-10H,1-4H3. The van der Waals surface area contributed by atoms with E-state index in [0.29, 0.717) is 17.5 Å². The van der Waals surface area contributed by atoms with Crippen LogP contribution in [0.25, 0.3) is 11.3 Å². The third-order valence-corrected chi connectivity index (χ3v) is 4.61. The first-order chi connectivity index (χ1) is 10.7. The second-order valence-corrected chi connectivity index (χ2v) is 7.48. The SMILES string of the molecule is CC(C)n1c(N(C)S(C)(=O)=O)nc(-c2ccc(F)cc2)c1C=O. The molecule has 1 aromatic carbocycles. The van der Waals surface area contributed by atoms with Gasteiger partial charge in [0.2, 0.25) is 16.0 Å². The Kier molecular flexibility index (Phi) is 4.56. The molecule has 1 aromatic heterocycles. The molecule has 0 aliphatic rings. The lowest BCUT2D eigenvalue weighted by Gasteiger charge is -2.20. The zero-order valence-electron chi connectivity index (χ0n) is 13.3. The summed E-state index contributed by atoms with van der Waals surface area (Å²) in [6.07, 6.45) is 1.69. The van der Waals surface area contributed by atoms with E-state index >= 15 is 0 Å². The molecule has 0 spiro atoms. The Morgan fingerprint density at radius 3 is 2.26 bits per heavy atom. The number of sulfonamides is 1. The normalized spacial score (nSPS) is 11.7. The molecule has 8 heteroatoms. The van der Waals surface area contributed by atoms with Crippen molar-refractivity contribution in [2.24, 2.45) is 0 Å². The van der Waals surface area contributed by atoms with Crippen LogP contribution in [0.15, 0.2) is 24.3 Å². The fraction of sp³-hybridized carbons (Fsp3) is 0.333. The molecule has 0 bridgehead atoms. The second-order valence-electron chi connectivity index (χ2n) is 5.46. The summed E-state index contributed by atoms with van der Waals surface area (Å²) in [4.78, 5) is 15.9. The first-order valence-electron chi connectivity index (χ1n) is 6.94. The Labute approximate surface area is 134 Å². The van der Waals surface area contributed by atoms with Gasteiger partial charge in [-0.3, -0.25) is 4.79 Å². The van der Waals surface area contributed by atoms with E-state index in [0.717, 1.165) is 10.6 Å². The highest BCUT2D eigenvalue weighted by atomic mass is 32.2. The van der Waals surface area contributed by atoms with Gasteiger partial charge in [-0.05, 0) is 38.1 Å². The fourth-order valence-electron chi connectivity index (χ4n) is 2.25. The molecular formula is C15H18FN3O3S. The predicted octanol–water partition coefficient (Wildman–Crippen LogP) is 2.48. The summed E-state index contributed by atoms with van der Waals surface area (Å²) in [5.41, 5.74) is 1.10. The minimum absolute atomic E-state index is 0.143. The molecule has 0 aliphatic heterocycles. The van der Waals surface area contributed by atoms with Crippen LogP contribution < -0.4 is 4.31 Å². The van der Waals surface area contributed by atoms with Gasteiger partial charge in [0.25, 0.3) is 0 Å². The molecule has 6 nitrogen and oxygen atoms in total. The van der Waals surface area contributed by atoms with Gasteiger partial charge in [0.15, 0.2) is 6.29 Å². The summed E-state index contributed by atoms with van der Waals surface area (Å²) in [6, 6.07) is 5.34. The van der Waals surface area contributed by atoms with Crippen LogP contribution in [0.1, 0.15) is 30.4 Å². The second kappa shape index (κ2) is 6.11. The number of imidazole rings is 1. The number of rotatable bonds is 5. The van der Waals surface area contributed by atoms with Gasteiger partial charge in [-0.2, -0.15) is 0 Å². The number of benzene rings is 1. The van der Waals surface area contributed by atoms with Gasteiger partial charge < -0.3 is 4.57 Å². The first-order valence-corrected chi connectivity index (χ1v) is 8.79. The minimum Gasteiger partial charge on any atom is -0.304 e. The molecular weight excluding hydrogens is 321 g/mol.